The number of Topliss-reactive ketones (excluding diaryl/α,β-unsaturated/α-hetero) is 1. The van der Waals surface area contributed by atoms with Gasteiger partial charge in [-0.25, -0.2) is 0 Å². The van der Waals surface area contributed by atoms with Crippen molar-refractivity contribution in [2.24, 2.45) is 0 Å². The van der Waals surface area contributed by atoms with E-state index in [0.29, 0.717) is 37.3 Å². The molecule has 0 unspecified atom stereocenters. The molecule has 0 saturated carbocycles. The van der Waals surface area contributed by atoms with Crippen molar-refractivity contribution in [3.63, 3.8) is 0 Å². The highest BCUT2D eigenvalue weighted by atomic mass is 16.2. The number of amides is 2. The van der Waals surface area contributed by atoms with E-state index >= 15 is 0 Å². The molecule has 0 aromatic heterocycles. The van der Waals surface area contributed by atoms with Gasteiger partial charge in [-0.05, 0) is 12.1 Å². The third-order valence-electron chi connectivity index (χ3n) is 4.60. The molecule has 134 valence electrons. The lowest BCUT2D eigenvalue weighted by molar-refractivity contribution is -0.132. The van der Waals surface area contributed by atoms with E-state index in [4.69, 9.17) is 0 Å². The number of piperazine rings is 1. The van der Waals surface area contributed by atoms with Gasteiger partial charge >= 0.3 is 0 Å². The zero-order valence-electron chi connectivity index (χ0n) is 14.6. The monoisotopic (exact) mass is 350 g/mol. The molecule has 2 aromatic rings. The first-order valence-electron chi connectivity index (χ1n) is 8.85. The minimum atomic E-state index is -0.0268. The molecule has 5 nitrogen and oxygen atoms in total. The van der Waals surface area contributed by atoms with Gasteiger partial charge in [0.05, 0.1) is 0 Å². The van der Waals surface area contributed by atoms with Crippen molar-refractivity contribution in [1.29, 1.82) is 0 Å². The molecule has 2 amide bonds. The second-order valence-corrected chi connectivity index (χ2v) is 6.33. The van der Waals surface area contributed by atoms with Gasteiger partial charge in [-0.15, -0.1) is 0 Å². The summed E-state index contributed by atoms with van der Waals surface area (Å²) in [7, 11) is 0. The number of ketones is 1. The van der Waals surface area contributed by atoms with Crippen LogP contribution in [0.1, 0.15) is 33.6 Å². The molecular weight excluding hydrogens is 328 g/mol. The summed E-state index contributed by atoms with van der Waals surface area (Å²) in [6.07, 6.45) is 0.423. The van der Waals surface area contributed by atoms with E-state index in [9.17, 15) is 14.4 Å². The molecule has 0 N–H and O–H groups in total. The summed E-state index contributed by atoms with van der Waals surface area (Å²) in [5.74, 6) is -0.0464. The van der Waals surface area contributed by atoms with Crippen LogP contribution in [0.25, 0.3) is 0 Å². The summed E-state index contributed by atoms with van der Waals surface area (Å²) in [5.41, 5.74) is 1.30. The fraction of sp³-hybridized carbons (Fsp3) is 0.286. The highest BCUT2D eigenvalue weighted by molar-refractivity contribution is 5.98. The SMILES string of the molecule is O=C(CCC(=O)N1CCN(C(=O)c2ccccc2)CC1)c1ccccc1. The van der Waals surface area contributed by atoms with Crippen LogP contribution in [-0.4, -0.2) is 53.6 Å². The Morgan fingerprint density at radius 2 is 1.15 bits per heavy atom. The van der Waals surface area contributed by atoms with Crippen LogP contribution in [0, 0.1) is 0 Å². The smallest absolute Gasteiger partial charge is 0.253 e. The maximum atomic E-state index is 12.4. The van der Waals surface area contributed by atoms with Crippen LogP contribution in [-0.2, 0) is 4.79 Å². The summed E-state index contributed by atoms with van der Waals surface area (Å²) in [6, 6.07) is 18.2. The Hall–Kier alpha value is -2.95. The van der Waals surface area contributed by atoms with Crippen LogP contribution >= 0.6 is 0 Å². The number of carbonyl (C=O) groups excluding carboxylic acids is 3. The largest absolute Gasteiger partial charge is 0.339 e. The molecule has 1 saturated heterocycles. The topological polar surface area (TPSA) is 57.7 Å². The maximum absolute atomic E-state index is 12.4. The summed E-state index contributed by atoms with van der Waals surface area (Å²) >= 11 is 0. The average Bonchev–Trinajstić information content (AvgIpc) is 2.72. The van der Waals surface area contributed by atoms with E-state index in [1.54, 1.807) is 34.1 Å². The van der Waals surface area contributed by atoms with Crippen molar-refractivity contribution in [2.75, 3.05) is 26.2 Å². The van der Waals surface area contributed by atoms with Gasteiger partial charge in [0.2, 0.25) is 5.91 Å². The van der Waals surface area contributed by atoms with Crippen LogP contribution in [0.15, 0.2) is 60.7 Å². The molecule has 1 heterocycles. The van der Waals surface area contributed by atoms with Crippen molar-refractivity contribution in [1.82, 2.24) is 9.80 Å². The van der Waals surface area contributed by atoms with Gasteiger partial charge in [-0.3, -0.25) is 14.4 Å². The van der Waals surface area contributed by atoms with Crippen molar-refractivity contribution < 1.29 is 14.4 Å². The Balaban J connectivity index is 1.46. The lowest BCUT2D eigenvalue weighted by Gasteiger charge is -2.34. The van der Waals surface area contributed by atoms with E-state index in [1.807, 2.05) is 36.4 Å². The van der Waals surface area contributed by atoms with Crippen LogP contribution in [0.2, 0.25) is 0 Å². The Morgan fingerprint density at radius 1 is 0.654 bits per heavy atom. The Bertz CT molecular complexity index is 766. The van der Waals surface area contributed by atoms with E-state index in [1.165, 1.54) is 0 Å². The second kappa shape index (κ2) is 8.43. The lowest BCUT2D eigenvalue weighted by atomic mass is 10.1. The third kappa shape index (κ3) is 4.36. The third-order valence-corrected chi connectivity index (χ3v) is 4.60. The van der Waals surface area contributed by atoms with E-state index in [-0.39, 0.29) is 30.4 Å². The van der Waals surface area contributed by atoms with Crippen molar-refractivity contribution in [3.8, 4) is 0 Å². The fourth-order valence-electron chi connectivity index (χ4n) is 3.07. The molecule has 0 radical (unpaired) electrons. The summed E-state index contributed by atoms with van der Waals surface area (Å²) < 4.78 is 0. The van der Waals surface area contributed by atoms with Gasteiger partial charge in [0.1, 0.15) is 0 Å². The summed E-state index contributed by atoms with van der Waals surface area (Å²) in [4.78, 5) is 40.4. The number of hydrogen-bond donors (Lipinski definition) is 0. The molecule has 0 aliphatic carbocycles. The number of benzene rings is 2. The quantitative estimate of drug-likeness (QED) is 0.779. The molecule has 0 bridgehead atoms. The van der Waals surface area contributed by atoms with Crippen LogP contribution < -0.4 is 0 Å². The maximum Gasteiger partial charge on any atom is 0.253 e. The zero-order valence-corrected chi connectivity index (χ0v) is 14.6. The molecular formula is C21H22N2O3. The van der Waals surface area contributed by atoms with Crippen LogP contribution in [0.4, 0.5) is 0 Å². The molecule has 1 aliphatic rings. The molecule has 2 aromatic carbocycles. The average molecular weight is 350 g/mol. The van der Waals surface area contributed by atoms with Gasteiger partial charge < -0.3 is 9.80 Å². The second-order valence-electron chi connectivity index (χ2n) is 6.33. The summed E-state index contributed by atoms with van der Waals surface area (Å²) in [5, 5.41) is 0. The molecule has 26 heavy (non-hydrogen) atoms. The minimum Gasteiger partial charge on any atom is -0.339 e. The number of hydrogen-bond acceptors (Lipinski definition) is 3. The minimum absolute atomic E-state index is 0.00282. The molecule has 3 rings (SSSR count). The first kappa shape index (κ1) is 17.9. The first-order valence-corrected chi connectivity index (χ1v) is 8.85. The van der Waals surface area contributed by atoms with E-state index in [2.05, 4.69) is 0 Å². The lowest BCUT2D eigenvalue weighted by Crippen LogP contribution is -2.50. The standard InChI is InChI=1S/C21H22N2O3/c24-19(17-7-3-1-4-8-17)11-12-20(25)22-13-15-23(16-14-22)21(26)18-9-5-2-6-10-18/h1-10H,11-16H2. The van der Waals surface area contributed by atoms with E-state index in [0.717, 1.165) is 0 Å². The van der Waals surface area contributed by atoms with Crippen molar-refractivity contribution in [3.05, 3.63) is 71.8 Å². The highest BCUT2D eigenvalue weighted by Crippen LogP contribution is 2.11. The predicted molar refractivity (Wildman–Crippen MR) is 98.9 cm³/mol. The molecule has 1 fully saturated rings. The van der Waals surface area contributed by atoms with Crippen molar-refractivity contribution in [2.45, 2.75) is 12.8 Å². The van der Waals surface area contributed by atoms with Crippen molar-refractivity contribution >= 4 is 17.6 Å². The Morgan fingerprint density at radius 3 is 1.73 bits per heavy atom. The normalized spacial score (nSPS) is 14.2. The molecule has 1 aliphatic heterocycles. The zero-order chi connectivity index (χ0) is 18.4. The molecule has 0 atom stereocenters. The van der Waals surface area contributed by atoms with Gasteiger partial charge in [0.25, 0.3) is 5.91 Å². The number of nitrogens with zero attached hydrogens (tertiary/aromatic N) is 2. The number of carbonyl (C=O) groups is 3. The van der Waals surface area contributed by atoms with Crippen LogP contribution in [0.3, 0.4) is 0 Å². The predicted octanol–water partition coefficient (Wildman–Crippen LogP) is 2.63. The Labute approximate surface area is 153 Å². The summed E-state index contributed by atoms with van der Waals surface area (Å²) in [6.45, 7) is 2.06. The van der Waals surface area contributed by atoms with E-state index < -0.39 is 0 Å². The fourth-order valence-corrected chi connectivity index (χ4v) is 3.07. The number of rotatable bonds is 5. The van der Waals surface area contributed by atoms with Gasteiger partial charge in [-0.1, -0.05) is 48.5 Å². The van der Waals surface area contributed by atoms with Gasteiger partial charge in [0.15, 0.2) is 5.78 Å². The highest BCUT2D eigenvalue weighted by Gasteiger charge is 2.24. The van der Waals surface area contributed by atoms with Gasteiger partial charge in [0, 0.05) is 50.1 Å². The Kier molecular flexibility index (Phi) is 5.79. The first-order chi connectivity index (χ1) is 12.6. The van der Waals surface area contributed by atoms with Crippen LogP contribution in [0.5, 0.6) is 0 Å². The van der Waals surface area contributed by atoms with Gasteiger partial charge in [-0.2, -0.15) is 0 Å². The molecule has 0 spiro atoms. The molecule has 5 heteroatoms.